The van der Waals surface area contributed by atoms with Crippen LogP contribution in [0.15, 0.2) is 16.6 Å². The quantitative estimate of drug-likeness (QED) is 0.836. The first-order chi connectivity index (χ1) is 9.36. The van der Waals surface area contributed by atoms with E-state index in [0.717, 1.165) is 15.7 Å². The number of esters is 1. The topological polar surface area (TPSA) is 70.1 Å². The molecule has 2 rings (SSSR count). The van der Waals surface area contributed by atoms with E-state index in [-0.39, 0.29) is 11.5 Å². The lowest BCUT2D eigenvalue weighted by molar-refractivity contribution is 0.0596. The van der Waals surface area contributed by atoms with Gasteiger partial charge in [-0.2, -0.15) is 0 Å². The zero-order valence-corrected chi connectivity index (χ0v) is 13.5. The molecule has 7 heteroatoms. The number of ether oxygens (including phenoxy) is 1. The Morgan fingerprint density at radius 1 is 1.45 bits per heavy atom. The molecular weight excluding hydrogens is 346 g/mol. The van der Waals surface area contributed by atoms with Gasteiger partial charge in [0, 0.05) is 9.50 Å². The molecule has 0 aliphatic heterocycles. The Hall–Kier alpha value is -1.53. The minimum absolute atomic E-state index is 0.0913. The second-order valence-electron chi connectivity index (χ2n) is 4.27. The van der Waals surface area contributed by atoms with Gasteiger partial charge in [-0.3, -0.25) is 4.57 Å². The number of nitrogen functional groups attached to an aromatic ring is 1. The van der Waals surface area contributed by atoms with E-state index in [1.54, 1.807) is 17.6 Å². The molecule has 1 aromatic heterocycles. The zero-order chi connectivity index (χ0) is 15.0. The highest BCUT2D eigenvalue weighted by Crippen LogP contribution is 2.31. The molecule has 1 aromatic carbocycles. The van der Waals surface area contributed by atoms with E-state index in [1.165, 1.54) is 7.11 Å². The maximum atomic E-state index is 11.6. The van der Waals surface area contributed by atoms with Crippen molar-refractivity contribution in [3.05, 3.63) is 38.7 Å². The largest absolute Gasteiger partial charge is 0.464 e. The van der Waals surface area contributed by atoms with E-state index in [4.69, 9.17) is 17.3 Å². The number of methoxy groups -OCH3 is 1. The van der Waals surface area contributed by atoms with E-state index < -0.39 is 5.97 Å². The maximum absolute atomic E-state index is 11.6. The van der Waals surface area contributed by atoms with E-state index in [1.807, 2.05) is 13.0 Å². The Bertz CT molecular complexity index is 697. The fourth-order valence-corrected chi connectivity index (χ4v) is 2.70. The molecule has 0 fully saturated rings. The number of anilines is 1. The summed E-state index contributed by atoms with van der Waals surface area (Å²) in [5.41, 5.74) is 7.75. The number of aromatic nitrogens is 2. The lowest BCUT2D eigenvalue weighted by Gasteiger charge is -2.12. The molecule has 0 amide bonds. The van der Waals surface area contributed by atoms with Crippen LogP contribution in [0, 0.1) is 13.8 Å². The molecule has 20 heavy (non-hydrogen) atoms. The molecule has 0 bridgehead atoms. The van der Waals surface area contributed by atoms with Gasteiger partial charge in [-0.1, -0.05) is 11.6 Å². The summed E-state index contributed by atoms with van der Waals surface area (Å²) in [6.45, 7) is 3.66. The molecule has 0 spiro atoms. The van der Waals surface area contributed by atoms with Crippen molar-refractivity contribution in [2.45, 2.75) is 13.8 Å². The molecule has 2 N–H and O–H groups in total. The molecule has 0 aliphatic rings. The van der Waals surface area contributed by atoms with Crippen molar-refractivity contribution in [2.75, 3.05) is 12.8 Å². The second kappa shape index (κ2) is 5.46. The SMILES string of the molecule is COC(=O)c1nc(C)n(-c2cc(Cl)c(C)cc2Br)c1N. The molecule has 0 atom stereocenters. The molecule has 5 nitrogen and oxygen atoms in total. The molecule has 0 aliphatic carbocycles. The number of imidazole rings is 1. The van der Waals surface area contributed by atoms with Crippen molar-refractivity contribution >= 4 is 39.3 Å². The molecule has 0 saturated carbocycles. The standard InChI is InChI=1S/C13H13BrClN3O2/c1-6-4-8(14)10(5-9(6)15)18-7(2)17-11(12(18)16)13(19)20-3/h4-5H,16H2,1-3H3. The average Bonchev–Trinajstić information content (AvgIpc) is 2.69. The minimum Gasteiger partial charge on any atom is -0.464 e. The van der Waals surface area contributed by atoms with Crippen LogP contribution >= 0.6 is 27.5 Å². The number of carbonyl (C=O) groups is 1. The lowest BCUT2D eigenvalue weighted by Crippen LogP contribution is -2.08. The van der Waals surface area contributed by atoms with Crippen LogP contribution in [0.2, 0.25) is 5.02 Å². The Labute approximate surface area is 129 Å². The lowest BCUT2D eigenvalue weighted by atomic mass is 10.2. The van der Waals surface area contributed by atoms with Crippen LogP contribution in [-0.4, -0.2) is 22.6 Å². The molecule has 0 radical (unpaired) electrons. The Morgan fingerprint density at radius 3 is 2.70 bits per heavy atom. The van der Waals surface area contributed by atoms with Crippen molar-refractivity contribution < 1.29 is 9.53 Å². The van der Waals surface area contributed by atoms with Gasteiger partial charge >= 0.3 is 5.97 Å². The van der Waals surface area contributed by atoms with Gasteiger partial charge in [-0.05, 0) is 47.5 Å². The third kappa shape index (κ3) is 2.41. The highest BCUT2D eigenvalue weighted by molar-refractivity contribution is 9.10. The predicted octanol–water partition coefficient (Wildman–Crippen LogP) is 3.27. The fourth-order valence-electron chi connectivity index (χ4n) is 1.91. The van der Waals surface area contributed by atoms with Crippen molar-refractivity contribution in [1.82, 2.24) is 9.55 Å². The smallest absolute Gasteiger partial charge is 0.360 e. The highest BCUT2D eigenvalue weighted by atomic mass is 79.9. The van der Waals surface area contributed by atoms with Crippen LogP contribution in [0.5, 0.6) is 0 Å². The van der Waals surface area contributed by atoms with Crippen LogP contribution in [0.3, 0.4) is 0 Å². The van der Waals surface area contributed by atoms with Crippen molar-refractivity contribution in [1.29, 1.82) is 0 Å². The third-order valence-corrected chi connectivity index (χ3v) is 3.97. The third-order valence-electron chi connectivity index (χ3n) is 2.93. The molecule has 106 valence electrons. The summed E-state index contributed by atoms with van der Waals surface area (Å²) in [6, 6.07) is 3.65. The van der Waals surface area contributed by atoms with Gasteiger partial charge < -0.3 is 10.5 Å². The van der Waals surface area contributed by atoms with Crippen molar-refractivity contribution in [2.24, 2.45) is 0 Å². The molecular formula is C13H13BrClN3O2. The van der Waals surface area contributed by atoms with Crippen molar-refractivity contribution in [3.63, 3.8) is 0 Å². The number of rotatable bonds is 2. The monoisotopic (exact) mass is 357 g/mol. The van der Waals surface area contributed by atoms with Gasteiger partial charge in [-0.15, -0.1) is 0 Å². The number of hydrogen-bond acceptors (Lipinski definition) is 4. The van der Waals surface area contributed by atoms with E-state index in [9.17, 15) is 4.79 Å². The minimum atomic E-state index is -0.571. The Balaban J connectivity index is 2.68. The molecule has 2 aromatic rings. The summed E-state index contributed by atoms with van der Waals surface area (Å²) in [5, 5.41) is 0.607. The number of benzene rings is 1. The van der Waals surface area contributed by atoms with E-state index >= 15 is 0 Å². The van der Waals surface area contributed by atoms with Crippen LogP contribution in [0.4, 0.5) is 5.82 Å². The second-order valence-corrected chi connectivity index (χ2v) is 5.53. The van der Waals surface area contributed by atoms with Gasteiger partial charge in [0.2, 0.25) is 0 Å². The molecule has 0 unspecified atom stereocenters. The normalized spacial score (nSPS) is 10.7. The van der Waals surface area contributed by atoms with Crippen LogP contribution in [0.1, 0.15) is 21.9 Å². The number of aryl methyl sites for hydroxylation is 2. The summed E-state index contributed by atoms with van der Waals surface area (Å²) >= 11 is 9.62. The van der Waals surface area contributed by atoms with Gasteiger partial charge in [0.25, 0.3) is 0 Å². The summed E-state index contributed by atoms with van der Waals surface area (Å²) < 4.78 is 7.12. The van der Waals surface area contributed by atoms with Crippen LogP contribution in [-0.2, 0) is 4.74 Å². The Kier molecular flexibility index (Phi) is 4.06. The van der Waals surface area contributed by atoms with Gasteiger partial charge in [-0.25, -0.2) is 9.78 Å². The van der Waals surface area contributed by atoms with Crippen LogP contribution in [0.25, 0.3) is 5.69 Å². The fraction of sp³-hybridized carbons (Fsp3) is 0.231. The zero-order valence-electron chi connectivity index (χ0n) is 11.2. The number of nitrogens with zero attached hydrogens (tertiary/aromatic N) is 2. The molecule has 1 heterocycles. The van der Waals surface area contributed by atoms with E-state index in [2.05, 4.69) is 25.7 Å². The Morgan fingerprint density at radius 2 is 2.10 bits per heavy atom. The average molecular weight is 359 g/mol. The van der Waals surface area contributed by atoms with E-state index in [0.29, 0.717) is 10.8 Å². The number of halogens is 2. The summed E-state index contributed by atoms with van der Waals surface area (Å²) in [5.74, 6) is 0.220. The molecule has 0 saturated heterocycles. The summed E-state index contributed by atoms with van der Waals surface area (Å²) in [6.07, 6.45) is 0. The van der Waals surface area contributed by atoms with Crippen LogP contribution < -0.4 is 5.73 Å². The first kappa shape index (κ1) is 14.9. The number of hydrogen-bond donors (Lipinski definition) is 1. The number of carbonyl (C=O) groups excluding carboxylic acids is 1. The maximum Gasteiger partial charge on any atom is 0.360 e. The predicted molar refractivity (Wildman–Crippen MR) is 81.5 cm³/mol. The van der Waals surface area contributed by atoms with Gasteiger partial charge in [0.15, 0.2) is 5.69 Å². The van der Waals surface area contributed by atoms with Gasteiger partial charge in [0.1, 0.15) is 11.6 Å². The summed E-state index contributed by atoms with van der Waals surface area (Å²) in [4.78, 5) is 15.8. The highest BCUT2D eigenvalue weighted by Gasteiger charge is 2.21. The van der Waals surface area contributed by atoms with Gasteiger partial charge in [0.05, 0.1) is 12.8 Å². The number of nitrogens with two attached hydrogens (primary N) is 1. The summed E-state index contributed by atoms with van der Waals surface area (Å²) in [7, 11) is 1.29. The first-order valence-electron chi connectivity index (χ1n) is 5.76. The van der Waals surface area contributed by atoms with Crippen molar-refractivity contribution in [3.8, 4) is 5.69 Å². The first-order valence-corrected chi connectivity index (χ1v) is 6.93.